The van der Waals surface area contributed by atoms with Crippen LogP contribution in [-0.4, -0.2) is 24.7 Å². The van der Waals surface area contributed by atoms with E-state index >= 15 is 0 Å². The zero-order chi connectivity index (χ0) is 13.6. The summed E-state index contributed by atoms with van der Waals surface area (Å²) in [5, 5.41) is 4.74. The normalized spacial score (nSPS) is 28.1. The first-order valence-corrected chi connectivity index (χ1v) is 7.14. The third kappa shape index (κ3) is 1.95. The Morgan fingerprint density at radius 1 is 1.40 bits per heavy atom. The number of ether oxygens (including phenoxy) is 1. The Morgan fingerprint density at radius 2 is 2.30 bits per heavy atom. The Hall–Kier alpha value is -1.68. The van der Waals surface area contributed by atoms with E-state index < -0.39 is 5.95 Å². The molecule has 2 unspecified atom stereocenters. The lowest BCUT2D eigenvalue weighted by Gasteiger charge is -2.09. The number of benzene rings is 1. The van der Waals surface area contributed by atoms with E-state index in [0.717, 1.165) is 25.1 Å². The molecule has 2 aliphatic rings. The van der Waals surface area contributed by atoms with Gasteiger partial charge in [-0.15, -0.1) is 0 Å². The molecule has 0 amide bonds. The molecule has 2 aromatic rings. The van der Waals surface area contributed by atoms with Gasteiger partial charge in [-0.1, -0.05) is 18.2 Å². The molecule has 1 aromatic carbocycles. The molecule has 0 radical (unpaired) electrons. The number of hydrogen-bond donors (Lipinski definition) is 1. The fraction of sp³-hybridized carbons (Fsp3) is 0.438. The van der Waals surface area contributed by atoms with Gasteiger partial charge in [0, 0.05) is 24.0 Å². The summed E-state index contributed by atoms with van der Waals surface area (Å²) in [6.07, 6.45) is 2.38. The van der Waals surface area contributed by atoms with Crippen molar-refractivity contribution in [3.8, 4) is 0 Å². The Balaban J connectivity index is 1.49. The van der Waals surface area contributed by atoms with Gasteiger partial charge in [-0.25, -0.2) is 4.98 Å². The van der Waals surface area contributed by atoms with Crippen molar-refractivity contribution in [2.75, 3.05) is 25.1 Å². The van der Waals surface area contributed by atoms with Crippen molar-refractivity contribution < 1.29 is 9.13 Å². The summed E-state index contributed by atoms with van der Waals surface area (Å²) in [5.41, 5.74) is 0.405. The highest BCUT2D eigenvalue weighted by Crippen LogP contribution is 2.57. The van der Waals surface area contributed by atoms with Crippen molar-refractivity contribution in [2.45, 2.75) is 12.8 Å². The topological polar surface area (TPSA) is 34.2 Å². The van der Waals surface area contributed by atoms with E-state index in [9.17, 15) is 4.39 Å². The third-order valence-electron chi connectivity index (χ3n) is 4.72. The lowest BCUT2D eigenvalue weighted by atomic mass is 10.0. The third-order valence-corrected chi connectivity index (χ3v) is 4.72. The monoisotopic (exact) mass is 272 g/mol. The Labute approximate surface area is 117 Å². The minimum atomic E-state index is -0.402. The highest BCUT2D eigenvalue weighted by molar-refractivity contribution is 5.84. The van der Waals surface area contributed by atoms with Crippen LogP contribution in [0, 0.1) is 17.3 Å². The fourth-order valence-electron chi connectivity index (χ4n) is 3.30. The molecule has 1 aliphatic carbocycles. The lowest BCUT2D eigenvalue weighted by Crippen LogP contribution is -2.12. The van der Waals surface area contributed by atoms with E-state index in [2.05, 4.69) is 10.3 Å². The fourth-order valence-corrected chi connectivity index (χ4v) is 3.30. The van der Waals surface area contributed by atoms with Crippen LogP contribution in [0.4, 0.5) is 10.2 Å². The maximum atomic E-state index is 13.9. The zero-order valence-electron chi connectivity index (χ0n) is 11.2. The first-order valence-electron chi connectivity index (χ1n) is 7.14. The molecular weight excluding hydrogens is 255 g/mol. The first kappa shape index (κ1) is 12.1. The van der Waals surface area contributed by atoms with Crippen molar-refractivity contribution in [1.29, 1.82) is 0 Å². The summed E-state index contributed by atoms with van der Waals surface area (Å²) < 4.78 is 19.4. The van der Waals surface area contributed by atoms with Crippen LogP contribution in [0.15, 0.2) is 30.3 Å². The second-order valence-corrected chi connectivity index (χ2v) is 5.97. The minimum Gasteiger partial charge on any atom is -0.381 e. The zero-order valence-corrected chi connectivity index (χ0v) is 11.2. The second-order valence-electron chi connectivity index (χ2n) is 5.97. The Bertz CT molecular complexity index is 652. The van der Waals surface area contributed by atoms with Crippen LogP contribution in [0.3, 0.4) is 0 Å². The highest BCUT2D eigenvalue weighted by atomic mass is 19.1. The molecule has 1 aliphatic heterocycles. The van der Waals surface area contributed by atoms with E-state index in [0.29, 0.717) is 22.5 Å². The Morgan fingerprint density at radius 3 is 3.15 bits per heavy atom. The minimum absolute atomic E-state index is 0.402. The number of fused-ring (bicyclic) bond motifs is 1. The van der Waals surface area contributed by atoms with Gasteiger partial charge in [-0.05, 0) is 36.3 Å². The van der Waals surface area contributed by atoms with Crippen LogP contribution in [-0.2, 0) is 4.74 Å². The largest absolute Gasteiger partial charge is 0.381 e. The quantitative estimate of drug-likeness (QED) is 0.871. The number of hydrogen-bond acceptors (Lipinski definition) is 3. The standard InChI is InChI=1S/C16H17FN2O/c17-15-13-4-2-1-3-11(13)7-14(19-15)18-9-12-8-16(12)5-6-20-10-16/h1-4,7,12H,5-6,8-10H2,(H,18,19). The van der Waals surface area contributed by atoms with Crippen molar-refractivity contribution in [3.63, 3.8) is 0 Å². The van der Waals surface area contributed by atoms with Crippen molar-refractivity contribution >= 4 is 16.6 Å². The van der Waals surface area contributed by atoms with E-state index in [1.165, 1.54) is 12.8 Å². The van der Waals surface area contributed by atoms with Crippen LogP contribution < -0.4 is 5.32 Å². The molecule has 1 saturated carbocycles. The number of rotatable bonds is 3. The summed E-state index contributed by atoms with van der Waals surface area (Å²) >= 11 is 0. The van der Waals surface area contributed by atoms with Gasteiger partial charge >= 0.3 is 0 Å². The van der Waals surface area contributed by atoms with Gasteiger partial charge in [0.2, 0.25) is 5.95 Å². The number of nitrogens with zero attached hydrogens (tertiary/aromatic N) is 1. The molecule has 1 saturated heterocycles. The summed E-state index contributed by atoms with van der Waals surface area (Å²) in [7, 11) is 0. The second kappa shape index (κ2) is 4.42. The summed E-state index contributed by atoms with van der Waals surface area (Å²) in [4.78, 5) is 4.01. The van der Waals surface area contributed by atoms with Crippen molar-refractivity contribution in [3.05, 3.63) is 36.3 Å². The van der Waals surface area contributed by atoms with E-state index in [1.54, 1.807) is 6.07 Å². The average molecular weight is 272 g/mol. The smallest absolute Gasteiger partial charge is 0.222 e. The van der Waals surface area contributed by atoms with Gasteiger partial charge in [0.05, 0.1) is 6.61 Å². The molecule has 2 atom stereocenters. The van der Waals surface area contributed by atoms with E-state index in [1.807, 2.05) is 24.3 Å². The van der Waals surface area contributed by atoms with Crippen LogP contribution >= 0.6 is 0 Å². The molecule has 2 heterocycles. The van der Waals surface area contributed by atoms with Gasteiger partial charge in [-0.3, -0.25) is 0 Å². The molecule has 1 N–H and O–H groups in total. The summed E-state index contributed by atoms with van der Waals surface area (Å²) in [6.45, 7) is 2.63. The van der Waals surface area contributed by atoms with Crippen molar-refractivity contribution in [1.82, 2.24) is 4.98 Å². The molecule has 1 spiro atoms. The maximum Gasteiger partial charge on any atom is 0.222 e. The molecule has 20 heavy (non-hydrogen) atoms. The average Bonchev–Trinajstić information content (AvgIpc) is 2.90. The van der Waals surface area contributed by atoms with Crippen molar-refractivity contribution in [2.24, 2.45) is 11.3 Å². The molecule has 0 bridgehead atoms. The molecule has 1 aromatic heterocycles. The molecule has 2 fully saturated rings. The van der Waals surface area contributed by atoms with Gasteiger partial charge < -0.3 is 10.1 Å². The molecule has 3 nitrogen and oxygen atoms in total. The summed E-state index contributed by atoms with van der Waals surface area (Å²) in [6, 6.07) is 9.33. The number of halogens is 1. The molecular formula is C16H17FN2O. The lowest BCUT2D eigenvalue weighted by molar-refractivity contribution is 0.179. The van der Waals surface area contributed by atoms with Gasteiger partial charge in [0.1, 0.15) is 5.82 Å². The van der Waals surface area contributed by atoms with Crippen LogP contribution in [0.5, 0.6) is 0 Å². The highest BCUT2D eigenvalue weighted by Gasteiger charge is 2.55. The predicted octanol–water partition coefficient (Wildman–Crippen LogP) is 3.21. The van der Waals surface area contributed by atoms with E-state index in [-0.39, 0.29) is 0 Å². The predicted molar refractivity (Wildman–Crippen MR) is 76.2 cm³/mol. The summed E-state index contributed by atoms with van der Waals surface area (Å²) in [5.74, 6) is 0.865. The van der Waals surface area contributed by atoms with Crippen LogP contribution in [0.2, 0.25) is 0 Å². The number of anilines is 1. The number of nitrogens with one attached hydrogen (secondary N) is 1. The van der Waals surface area contributed by atoms with Gasteiger partial charge in [0.25, 0.3) is 0 Å². The maximum absolute atomic E-state index is 13.9. The number of pyridine rings is 1. The van der Waals surface area contributed by atoms with Gasteiger partial charge in [0.15, 0.2) is 0 Å². The Kier molecular flexibility index (Phi) is 2.67. The van der Waals surface area contributed by atoms with Crippen LogP contribution in [0.25, 0.3) is 10.8 Å². The first-order chi connectivity index (χ1) is 9.77. The van der Waals surface area contributed by atoms with E-state index in [4.69, 9.17) is 4.74 Å². The van der Waals surface area contributed by atoms with Crippen LogP contribution in [0.1, 0.15) is 12.8 Å². The molecule has 104 valence electrons. The molecule has 4 heteroatoms. The van der Waals surface area contributed by atoms with Gasteiger partial charge in [-0.2, -0.15) is 4.39 Å². The number of aromatic nitrogens is 1. The SMILES string of the molecule is Fc1nc(NCC2CC23CCOC3)cc2ccccc12. The molecule has 4 rings (SSSR count).